The third kappa shape index (κ3) is 5.57. The fraction of sp³-hybridized carbons (Fsp3) is 0.182. The quantitative estimate of drug-likeness (QED) is 0.631. The Morgan fingerprint density at radius 1 is 0.963 bits per heavy atom. The average molecular weight is 361 g/mol. The number of hydrogen-bond acceptors (Lipinski definition) is 4. The summed E-state index contributed by atoms with van der Waals surface area (Å²) in [6.45, 7) is 3.18. The Bertz CT molecular complexity index is 847. The van der Waals surface area contributed by atoms with Gasteiger partial charge in [0.25, 0.3) is 5.91 Å². The van der Waals surface area contributed by atoms with Crippen LogP contribution in [0.4, 0.5) is 11.4 Å². The largest absolute Gasteiger partial charge is 0.494 e. The molecule has 0 unspecified atom stereocenters. The van der Waals surface area contributed by atoms with Crippen molar-refractivity contribution in [3.8, 4) is 5.75 Å². The Kier molecular flexibility index (Phi) is 6.41. The summed E-state index contributed by atoms with van der Waals surface area (Å²) in [7, 11) is 0. The molecular weight excluding hydrogens is 338 g/mol. The molecule has 0 saturated carbocycles. The predicted molar refractivity (Wildman–Crippen MR) is 108 cm³/mol. The maximum atomic E-state index is 12.2. The second kappa shape index (κ2) is 9.38. The number of carbonyl (C=O) groups is 1. The summed E-state index contributed by atoms with van der Waals surface area (Å²) < 4.78 is 5.43. The van der Waals surface area contributed by atoms with Gasteiger partial charge in [-0.05, 0) is 55.3 Å². The molecule has 138 valence electrons. The molecule has 0 atom stereocenters. The molecule has 2 aromatic carbocycles. The molecule has 27 heavy (non-hydrogen) atoms. The van der Waals surface area contributed by atoms with Gasteiger partial charge in [-0.25, -0.2) is 4.98 Å². The lowest BCUT2D eigenvalue weighted by molar-refractivity contribution is 0.0949. The number of ether oxygens (including phenoxy) is 1. The van der Waals surface area contributed by atoms with E-state index in [4.69, 9.17) is 4.74 Å². The fourth-order valence-electron chi connectivity index (χ4n) is 2.63. The van der Waals surface area contributed by atoms with E-state index in [-0.39, 0.29) is 5.91 Å². The van der Waals surface area contributed by atoms with Crippen LogP contribution in [0.15, 0.2) is 72.9 Å². The summed E-state index contributed by atoms with van der Waals surface area (Å²) in [5.41, 5.74) is 3.35. The summed E-state index contributed by atoms with van der Waals surface area (Å²) in [6, 6.07) is 21.3. The zero-order chi connectivity index (χ0) is 18.9. The second-order valence-electron chi connectivity index (χ2n) is 6.01. The highest BCUT2D eigenvalue weighted by Gasteiger charge is 2.06. The van der Waals surface area contributed by atoms with E-state index in [1.807, 2.05) is 67.6 Å². The summed E-state index contributed by atoms with van der Waals surface area (Å²) >= 11 is 0. The van der Waals surface area contributed by atoms with Gasteiger partial charge in [0.15, 0.2) is 0 Å². The van der Waals surface area contributed by atoms with E-state index in [1.54, 1.807) is 12.3 Å². The molecule has 0 radical (unpaired) electrons. The molecule has 1 amide bonds. The summed E-state index contributed by atoms with van der Waals surface area (Å²) in [5, 5.41) is 6.15. The molecule has 5 nitrogen and oxygen atoms in total. The van der Waals surface area contributed by atoms with Crippen LogP contribution in [0.1, 0.15) is 23.0 Å². The van der Waals surface area contributed by atoms with Gasteiger partial charge in [-0.1, -0.05) is 30.3 Å². The van der Waals surface area contributed by atoms with E-state index in [2.05, 4.69) is 15.6 Å². The van der Waals surface area contributed by atoms with Crippen LogP contribution in [0.3, 0.4) is 0 Å². The first kappa shape index (κ1) is 18.5. The molecule has 0 aliphatic heterocycles. The average Bonchev–Trinajstić information content (AvgIpc) is 2.71. The monoisotopic (exact) mass is 361 g/mol. The zero-order valence-corrected chi connectivity index (χ0v) is 15.3. The van der Waals surface area contributed by atoms with Crippen molar-refractivity contribution in [2.45, 2.75) is 13.3 Å². The van der Waals surface area contributed by atoms with Gasteiger partial charge in [-0.15, -0.1) is 0 Å². The topological polar surface area (TPSA) is 63.2 Å². The molecule has 0 aliphatic carbocycles. The lowest BCUT2D eigenvalue weighted by Gasteiger charge is -2.09. The zero-order valence-electron chi connectivity index (χ0n) is 15.3. The summed E-state index contributed by atoms with van der Waals surface area (Å²) in [6.07, 6.45) is 2.45. The second-order valence-corrected chi connectivity index (χ2v) is 6.01. The van der Waals surface area contributed by atoms with Crippen molar-refractivity contribution in [2.75, 3.05) is 18.5 Å². The SMILES string of the molecule is CCOc1ccc(Nc2ccc(C(=O)NCCc3ccccc3)nc2)cc1. The number of amides is 1. The Labute approximate surface area is 159 Å². The minimum absolute atomic E-state index is 0.168. The molecular formula is C22H23N3O2. The number of hydrogen-bond donors (Lipinski definition) is 2. The molecule has 0 fully saturated rings. The van der Waals surface area contributed by atoms with Crippen LogP contribution in [-0.4, -0.2) is 24.0 Å². The Balaban J connectivity index is 1.50. The molecule has 5 heteroatoms. The maximum absolute atomic E-state index is 12.2. The third-order valence-electron chi connectivity index (χ3n) is 3.99. The van der Waals surface area contributed by atoms with Crippen LogP contribution < -0.4 is 15.4 Å². The summed E-state index contributed by atoms with van der Waals surface area (Å²) in [5.74, 6) is 0.669. The first-order valence-electron chi connectivity index (χ1n) is 9.02. The molecule has 3 aromatic rings. The smallest absolute Gasteiger partial charge is 0.269 e. The number of pyridine rings is 1. The maximum Gasteiger partial charge on any atom is 0.269 e. The molecule has 1 aromatic heterocycles. The van der Waals surface area contributed by atoms with Crippen LogP contribution in [0.2, 0.25) is 0 Å². The molecule has 0 bridgehead atoms. The van der Waals surface area contributed by atoms with Crippen molar-refractivity contribution in [3.05, 3.63) is 84.2 Å². The van der Waals surface area contributed by atoms with Gasteiger partial charge in [0, 0.05) is 12.2 Å². The van der Waals surface area contributed by atoms with Crippen molar-refractivity contribution in [2.24, 2.45) is 0 Å². The Morgan fingerprint density at radius 2 is 1.70 bits per heavy atom. The number of nitrogens with zero attached hydrogens (tertiary/aromatic N) is 1. The first-order valence-corrected chi connectivity index (χ1v) is 9.02. The standard InChI is InChI=1S/C22H23N3O2/c1-2-27-20-11-8-18(9-12-20)25-19-10-13-21(24-16-19)22(26)23-15-14-17-6-4-3-5-7-17/h3-13,16,25H,2,14-15H2,1H3,(H,23,26). The van der Waals surface area contributed by atoms with Gasteiger partial charge in [0.1, 0.15) is 11.4 Å². The van der Waals surface area contributed by atoms with E-state index in [9.17, 15) is 4.79 Å². The predicted octanol–water partition coefficient (Wildman–Crippen LogP) is 4.20. The first-order chi connectivity index (χ1) is 13.2. The van der Waals surface area contributed by atoms with Crippen molar-refractivity contribution in [3.63, 3.8) is 0 Å². The van der Waals surface area contributed by atoms with Crippen LogP contribution in [-0.2, 0) is 6.42 Å². The van der Waals surface area contributed by atoms with Crippen LogP contribution in [0, 0.1) is 0 Å². The third-order valence-corrected chi connectivity index (χ3v) is 3.99. The molecule has 0 aliphatic rings. The van der Waals surface area contributed by atoms with Crippen molar-refractivity contribution in [1.82, 2.24) is 10.3 Å². The van der Waals surface area contributed by atoms with Gasteiger partial charge < -0.3 is 15.4 Å². The van der Waals surface area contributed by atoms with Crippen molar-refractivity contribution < 1.29 is 9.53 Å². The lowest BCUT2D eigenvalue weighted by atomic mass is 10.1. The van der Waals surface area contributed by atoms with Gasteiger partial charge >= 0.3 is 0 Å². The highest BCUT2D eigenvalue weighted by molar-refractivity contribution is 5.92. The molecule has 0 saturated heterocycles. The normalized spacial score (nSPS) is 10.3. The van der Waals surface area contributed by atoms with E-state index in [0.717, 1.165) is 23.5 Å². The molecule has 3 rings (SSSR count). The van der Waals surface area contributed by atoms with E-state index in [0.29, 0.717) is 18.8 Å². The Morgan fingerprint density at radius 3 is 2.37 bits per heavy atom. The van der Waals surface area contributed by atoms with Crippen LogP contribution >= 0.6 is 0 Å². The Hall–Kier alpha value is -3.34. The summed E-state index contributed by atoms with van der Waals surface area (Å²) in [4.78, 5) is 16.4. The lowest BCUT2D eigenvalue weighted by Crippen LogP contribution is -2.26. The number of nitrogens with one attached hydrogen (secondary N) is 2. The number of aromatic nitrogens is 1. The molecule has 0 spiro atoms. The van der Waals surface area contributed by atoms with E-state index < -0.39 is 0 Å². The number of carbonyl (C=O) groups excluding carboxylic acids is 1. The van der Waals surface area contributed by atoms with Gasteiger partial charge in [0.05, 0.1) is 18.5 Å². The molecule has 2 N–H and O–H groups in total. The minimum atomic E-state index is -0.168. The minimum Gasteiger partial charge on any atom is -0.494 e. The highest BCUT2D eigenvalue weighted by Crippen LogP contribution is 2.19. The van der Waals surface area contributed by atoms with E-state index >= 15 is 0 Å². The van der Waals surface area contributed by atoms with Crippen molar-refractivity contribution >= 4 is 17.3 Å². The van der Waals surface area contributed by atoms with Crippen molar-refractivity contribution in [1.29, 1.82) is 0 Å². The van der Waals surface area contributed by atoms with Crippen LogP contribution in [0.25, 0.3) is 0 Å². The van der Waals surface area contributed by atoms with E-state index in [1.165, 1.54) is 5.56 Å². The highest BCUT2D eigenvalue weighted by atomic mass is 16.5. The van der Waals surface area contributed by atoms with Gasteiger partial charge in [-0.2, -0.15) is 0 Å². The van der Waals surface area contributed by atoms with Crippen LogP contribution in [0.5, 0.6) is 5.75 Å². The fourth-order valence-corrected chi connectivity index (χ4v) is 2.63. The van der Waals surface area contributed by atoms with Gasteiger partial charge in [-0.3, -0.25) is 4.79 Å². The number of anilines is 2. The number of benzene rings is 2. The number of rotatable bonds is 8. The molecule has 1 heterocycles. The van der Waals surface area contributed by atoms with Gasteiger partial charge in [0.2, 0.25) is 0 Å².